The maximum Gasteiger partial charge on any atom is 0.254 e. The Kier molecular flexibility index (Phi) is 9.53. The van der Waals surface area contributed by atoms with Gasteiger partial charge in [-0.05, 0) is 55.0 Å². The minimum atomic E-state index is -0.345. The first kappa shape index (κ1) is 29.3. The maximum absolute atomic E-state index is 13.7. The van der Waals surface area contributed by atoms with E-state index in [0.29, 0.717) is 54.3 Å². The Hall–Kier alpha value is -4.18. The molecule has 2 amide bonds. The van der Waals surface area contributed by atoms with Crippen LogP contribution in [0.15, 0.2) is 79.0 Å². The topological polar surface area (TPSA) is 88.9 Å². The molecule has 0 atom stereocenters. The molecule has 1 fully saturated rings. The van der Waals surface area contributed by atoms with Gasteiger partial charge < -0.3 is 14.4 Å². The standard InChI is InChI=1S/C32H34ClN5O4/c1-23-5-3-4-6-28(23)31(40)37(16-15-36-17-19-42-20-18-36)22-30(39)35-32-34-29(24-7-9-25(33)10-8-24)21-38(32)26-11-13-27(41-2)14-12-26/h3-14,21H,15-20,22H2,1-2H3,(H,34,35,39). The fraction of sp³-hybridized carbons (Fsp3) is 0.281. The number of rotatable bonds is 10. The van der Waals surface area contributed by atoms with Crippen molar-refractivity contribution in [2.75, 3.05) is 58.4 Å². The summed E-state index contributed by atoms with van der Waals surface area (Å²) in [6.07, 6.45) is 1.86. The van der Waals surface area contributed by atoms with Crippen molar-refractivity contribution in [3.63, 3.8) is 0 Å². The Balaban J connectivity index is 1.40. The van der Waals surface area contributed by atoms with E-state index in [4.69, 9.17) is 26.1 Å². The van der Waals surface area contributed by atoms with E-state index in [2.05, 4.69) is 10.2 Å². The minimum Gasteiger partial charge on any atom is -0.497 e. The molecule has 4 aromatic rings. The fourth-order valence-corrected chi connectivity index (χ4v) is 4.95. The maximum atomic E-state index is 13.7. The third-order valence-corrected chi connectivity index (χ3v) is 7.49. The summed E-state index contributed by atoms with van der Waals surface area (Å²) in [5, 5.41) is 3.58. The van der Waals surface area contributed by atoms with Gasteiger partial charge in [0.15, 0.2) is 0 Å². The molecular formula is C32H34ClN5O4. The predicted molar refractivity (Wildman–Crippen MR) is 164 cm³/mol. The van der Waals surface area contributed by atoms with Crippen molar-refractivity contribution in [1.82, 2.24) is 19.4 Å². The Labute approximate surface area is 250 Å². The number of hydrogen-bond acceptors (Lipinski definition) is 6. The minimum absolute atomic E-state index is 0.122. The SMILES string of the molecule is COc1ccc(-n2cc(-c3ccc(Cl)cc3)nc2NC(=O)CN(CCN2CCOCC2)C(=O)c2ccccc2C)cc1. The number of aryl methyl sites for hydroxylation is 1. The number of hydrogen-bond donors (Lipinski definition) is 1. The van der Waals surface area contributed by atoms with Crippen LogP contribution in [-0.2, 0) is 9.53 Å². The molecule has 1 aromatic heterocycles. The number of carbonyl (C=O) groups excluding carboxylic acids is 2. The number of morpholine rings is 1. The van der Waals surface area contributed by atoms with Crippen molar-refractivity contribution in [1.29, 1.82) is 0 Å². The Morgan fingerprint density at radius 3 is 2.43 bits per heavy atom. The highest BCUT2D eigenvalue weighted by Gasteiger charge is 2.23. The van der Waals surface area contributed by atoms with Crippen LogP contribution < -0.4 is 10.1 Å². The highest BCUT2D eigenvalue weighted by Crippen LogP contribution is 2.26. The second kappa shape index (κ2) is 13.7. The number of anilines is 1. The molecule has 10 heteroatoms. The summed E-state index contributed by atoms with van der Waals surface area (Å²) in [6, 6.07) is 22.2. The summed E-state index contributed by atoms with van der Waals surface area (Å²) in [6.45, 7) is 5.75. The Morgan fingerprint density at radius 2 is 1.74 bits per heavy atom. The zero-order chi connectivity index (χ0) is 29.5. The lowest BCUT2D eigenvalue weighted by atomic mass is 10.1. The Morgan fingerprint density at radius 1 is 1.02 bits per heavy atom. The summed E-state index contributed by atoms with van der Waals surface area (Å²) in [5.41, 5.74) is 3.75. The molecule has 0 unspecified atom stereocenters. The molecule has 42 heavy (non-hydrogen) atoms. The number of ether oxygens (including phenoxy) is 2. The van der Waals surface area contributed by atoms with Gasteiger partial charge in [0.25, 0.3) is 5.91 Å². The quantitative estimate of drug-likeness (QED) is 0.283. The van der Waals surface area contributed by atoms with Crippen molar-refractivity contribution >= 4 is 29.4 Å². The van der Waals surface area contributed by atoms with Crippen LogP contribution in [0.25, 0.3) is 16.9 Å². The molecule has 0 spiro atoms. The highest BCUT2D eigenvalue weighted by atomic mass is 35.5. The van der Waals surface area contributed by atoms with Crippen LogP contribution in [0.4, 0.5) is 5.95 Å². The molecular weight excluding hydrogens is 554 g/mol. The number of aromatic nitrogens is 2. The number of methoxy groups -OCH3 is 1. The third kappa shape index (κ3) is 7.17. The van der Waals surface area contributed by atoms with Gasteiger partial charge >= 0.3 is 0 Å². The summed E-state index contributed by atoms with van der Waals surface area (Å²) in [5.74, 6) is 0.526. The van der Waals surface area contributed by atoms with Crippen LogP contribution in [0.3, 0.4) is 0 Å². The van der Waals surface area contributed by atoms with Gasteiger partial charge in [0, 0.05) is 54.2 Å². The van der Waals surface area contributed by atoms with Gasteiger partial charge in [-0.25, -0.2) is 4.98 Å². The third-order valence-electron chi connectivity index (χ3n) is 7.23. The van der Waals surface area contributed by atoms with Crippen molar-refractivity contribution in [3.05, 3.63) is 95.1 Å². The van der Waals surface area contributed by atoms with Crippen molar-refractivity contribution in [2.24, 2.45) is 0 Å². The van der Waals surface area contributed by atoms with Crippen LogP contribution in [0, 0.1) is 6.92 Å². The van der Waals surface area contributed by atoms with E-state index >= 15 is 0 Å². The molecule has 9 nitrogen and oxygen atoms in total. The molecule has 0 aliphatic carbocycles. The normalized spacial score (nSPS) is 13.5. The molecule has 1 aliphatic rings. The fourth-order valence-electron chi connectivity index (χ4n) is 4.83. The summed E-state index contributed by atoms with van der Waals surface area (Å²) in [7, 11) is 1.61. The molecule has 2 heterocycles. The molecule has 0 radical (unpaired) electrons. The van der Waals surface area contributed by atoms with E-state index in [0.717, 1.165) is 29.9 Å². The molecule has 1 saturated heterocycles. The number of carbonyl (C=O) groups is 2. The van der Waals surface area contributed by atoms with E-state index in [9.17, 15) is 9.59 Å². The first-order chi connectivity index (χ1) is 20.4. The van der Waals surface area contributed by atoms with Gasteiger partial charge in [0.1, 0.15) is 12.3 Å². The number of imidazole rings is 1. The smallest absolute Gasteiger partial charge is 0.254 e. The lowest BCUT2D eigenvalue weighted by molar-refractivity contribution is -0.117. The van der Waals surface area contributed by atoms with E-state index in [-0.39, 0.29) is 18.4 Å². The van der Waals surface area contributed by atoms with Gasteiger partial charge in [-0.3, -0.25) is 24.4 Å². The van der Waals surface area contributed by atoms with Crippen LogP contribution in [0.1, 0.15) is 15.9 Å². The molecule has 218 valence electrons. The largest absolute Gasteiger partial charge is 0.497 e. The Bertz CT molecular complexity index is 1510. The van der Waals surface area contributed by atoms with E-state index in [1.807, 2.05) is 72.3 Å². The number of amides is 2. The highest BCUT2D eigenvalue weighted by molar-refractivity contribution is 6.30. The van der Waals surface area contributed by atoms with Gasteiger partial charge in [0.2, 0.25) is 11.9 Å². The average Bonchev–Trinajstić information content (AvgIpc) is 3.43. The predicted octanol–water partition coefficient (Wildman–Crippen LogP) is 4.92. The molecule has 3 aromatic carbocycles. The van der Waals surface area contributed by atoms with Crippen LogP contribution in [-0.4, -0.2) is 84.2 Å². The van der Waals surface area contributed by atoms with E-state index in [1.165, 1.54) is 0 Å². The van der Waals surface area contributed by atoms with Crippen molar-refractivity contribution in [2.45, 2.75) is 6.92 Å². The van der Waals surface area contributed by atoms with E-state index < -0.39 is 0 Å². The number of benzene rings is 3. The lowest BCUT2D eigenvalue weighted by Crippen LogP contribution is -2.45. The van der Waals surface area contributed by atoms with E-state index in [1.54, 1.807) is 30.2 Å². The van der Waals surface area contributed by atoms with Gasteiger partial charge in [-0.15, -0.1) is 0 Å². The van der Waals surface area contributed by atoms with Crippen molar-refractivity contribution in [3.8, 4) is 22.7 Å². The second-order valence-corrected chi connectivity index (χ2v) is 10.5. The molecule has 0 saturated carbocycles. The van der Waals surface area contributed by atoms with Crippen molar-refractivity contribution < 1.29 is 19.1 Å². The molecule has 0 bridgehead atoms. The molecule has 5 rings (SSSR count). The number of nitrogens with zero attached hydrogens (tertiary/aromatic N) is 4. The summed E-state index contributed by atoms with van der Waals surface area (Å²) in [4.78, 5) is 35.8. The number of nitrogens with one attached hydrogen (secondary N) is 1. The van der Waals surface area contributed by atoms with Gasteiger partial charge in [-0.2, -0.15) is 0 Å². The number of halogens is 1. The first-order valence-corrected chi connectivity index (χ1v) is 14.2. The van der Waals surface area contributed by atoms with Crippen LogP contribution >= 0.6 is 11.6 Å². The first-order valence-electron chi connectivity index (χ1n) is 13.9. The van der Waals surface area contributed by atoms with Gasteiger partial charge in [0.05, 0.1) is 26.0 Å². The van der Waals surface area contributed by atoms with Crippen LogP contribution in [0.5, 0.6) is 5.75 Å². The lowest BCUT2D eigenvalue weighted by Gasteiger charge is -2.30. The average molecular weight is 588 g/mol. The second-order valence-electron chi connectivity index (χ2n) is 10.1. The molecule has 1 aliphatic heterocycles. The van der Waals surface area contributed by atoms with Gasteiger partial charge in [-0.1, -0.05) is 41.9 Å². The monoisotopic (exact) mass is 587 g/mol. The molecule has 1 N–H and O–H groups in total. The summed E-state index contributed by atoms with van der Waals surface area (Å²) >= 11 is 6.10. The zero-order valence-corrected chi connectivity index (χ0v) is 24.5. The van der Waals surface area contributed by atoms with Crippen LogP contribution in [0.2, 0.25) is 5.02 Å². The zero-order valence-electron chi connectivity index (χ0n) is 23.8. The summed E-state index contributed by atoms with van der Waals surface area (Å²) < 4.78 is 12.6.